The molecule has 3 heteroatoms. The van der Waals surface area contributed by atoms with Crippen LogP contribution >= 0.6 is 0 Å². The van der Waals surface area contributed by atoms with Crippen LogP contribution < -0.4 is 4.74 Å². The highest BCUT2D eigenvalue weighted by Crippen LogP contribution is 2.60. The lowest BCUT2D eigenvalue weighted by Gasteiger charge is -2.41. The summed E-state index contributed by atoms with van der Waals surface area (Å²) in [6.07, 6.45) is 8.60. The van der Waals surface area contributed by atoms with E-state index in [-0.39, 0.29) is 22.5 Å². The van der Waals surface area contributed by atoms with E-state index in [2.05, 4.69) is 115 Å². The van der Waals surface area contributed by atoms with Gasteiger partial charge in [0.25, 0.3) is 0 Å². The largest absolute Gasteiger partial charge is 0.473 e. The average Bonchev–Trinajstić information content (AvgIpc) is 3.47. The minimum atomic E-state index is -0.915. The zero-order valence-electron chi connectivity index (χ0n) is 29.9. The fourth-order valence-corrected chi connectivity index (χ4v) is 9.46. The predicted octanol–water partition coefficient (Wildman–Crippen LogP) is 12.5. The van der Waals surface area contributed by atoms with Crippen LogP contribution in [0.3, 0.4) is 0 Å². The van der Waals surface area contributed by atoms with Gasteiger partial charge in [0.2, 0.25) is 0 Å². The number of halogens is 2. The average molecular weight is 661 g/mol. The van der Waals surface area contributed by atoms with Crippen LogP contribution in [0.1, 0.15) is 100 Å². The zero-order valence-corrected chi connectivity index (χ0v) is 29.9. The normalized spacial score (nSPS) is 20.9. The highest BCUT2D eigenvalue weighted by atomic mass is 19.1. The maximum atomic E-state index is 15.3. The fourth-order valence-electron chi connectivity index (χ4n) is 9.46. The monoisotopic (exact) mass is 660 g/mol. The maximum Gasteiger partial charge on any atom is 0.174 e. The van der Waals surface area contributed by atoms with Gasteiger partial charge in [0.05, 0.1) is 0 Å². The summed E-state index contributed by atoms with van der Waals surface area (Å²) in [6.45, 7) is 15.7. The van der Waals surface area contributed by atoms with E-state index in [9.17, 15) is 4.39 Å². The van der Waals surface area contributed by atoms with Gasteiger partial charge in [0.1, 0.15) is 17.4 Å². The molecule has 0 spiro atoms. The Kier molecular flexibility index (Phi) is 6.35. The topological polar surface area (TPSA) is 9.23 Å². The van der Waals surface area contributed by atoms with Crippen LogP contribution in [0.15, 0.2) is 108 Å². The summed E-state index contributed by atoms with van der Waals surface area (Å²) in [7, 11) is 0. The van der Waals surface area contributed by atoms with E-state index in [1.807, 2.05) is 12.1 Å². The van der Waals surface area contributed by atoms with Crippen molar-refractivity contribution in [3.05, 3.63) is 159 Å². The third kappa shape index (κ3) is 4.16. The summed E-state index contributed by atoms with van der Waals surface area (Å²) in [5.74, 6) is 0.108. The molecule has 0 aromatic heterocycles. The lowest BCUT2D eigenvalue weighted by Crippen LogP contribution is -2.37. The molecule has 0 saturated carbocycles. The van der Waals surface area contributed by atoms with Crippen LogP contribution in [0.5, 0.6) is 5.75 Å². The first-order chi connectivity index (χ1) is 23.7. The second kappa shape index (κ2) is 10.2. The standard InChI is InChI=1S/C47H42F2O/c1-44(2,3)27-12-14-28(15-13-27)47(29-16-19-33-32-10-8-9-11-38(32)45(4,5)39(33)24-29)23-22-36-42-41(34-20-17-30(48)25-37(34)43(36)50-47)35-21-18-31(49)26-40(35)46(42,6)7/h8-15,17-18,20-26H,16,19H2,1-7H3. The van der Waals surface area contributed by atoms with Gasteiger partial charge in [-0.15, -0.1) is 0 Å². The van der Waals surface area contributed by atoms with Gasteiger partial charge in [-0.05, 0) is 110 Å². The number of benzene rings is 5. The Morgan fingerprint density at radius 2 is 1.42 bits per heavy atom. The van der Waals surface area contributed by atoms with Crippen molar-refractivity contribution in [2.24, 2.45) is 0 Å². The molecule has 250 valence electrons. The second-order valence-corrected chi connectivity index (χ2v) is 16.7. The third-order valence-corrected chi connectivity index (χ3v) is 12.1. The van der Waals surface area contributed by atoms with E-state index < -0.39 is 11.0 Å². The van der Waals surface area contributed by atoms with Crippen LogP contribution in [0.4, 0.5) is 8.78 Å². The lowest BCUT2D eigenvalue weighted by atomic mass is 9.72. The minimum absolute atomic E-state index is 0.000627. The van der Waals surface area contributed by atoms with Crippen LogP contribution in [0, 0.1) is 11.6 Å². The van der Waals surface area contributed by atoms with E-state index in [0.717, 1.165) is 57.0 Å². The Labute approximate surface area is 294 Å². The van der Waals surface area contributed by atoms with E-state index in [0.29, 0.717) is 5.75 Å². The van der Waals surface area contributed by atoms with E-state index in [4.69, 9.17) is 4.74 Å². The number of hydrogen-bond acceptors (Lipinski definition) is 1. The lowest BCUT2D eigenvalue weighted by molar-refractivity contribution is 0.154. The van der Waals surface area contributed by atoms with Gasteiger partial charge in [0, 0.05) is 27.3 Å². The molecule has 0 saturated heterocycles. The molecule has 9 rings (SSSR count). The molecule has 0 fully saturated rings. The third-order valence-electron chi connectivity index (χ3n) is 12.1. The number of rotatable bonds is 2. The quantitative estimate of drug-likeness (QED) is 0.183. The number of ether oxygens (including phenoxy) is 1. The first-order valence-electron chi connectivity index (χ1n) is 17.9. The SMILES string of the molecule is CC(C)(C)c1ccc(C2(C3=CC4=C(CC3)c3ccccc3C4(C)C)C=Cc3c4c(c5ccc(F)cc5c3O2)-c2ccc(F)cc2C4(C)C)cc1. The maximum absolute atomic E-state index is 15.3. The van der Waals surface area contributed by atoms with Crippen molar-refractivity contribution < 1.29 is 13.5 Å². The number of fused-ring (bicyclic) bond motifs is 10. The first-order valence-corrected chi connectivity index (χ1v) is 17.9. The molecule has 3 aliphatic carbocycles. The smallest absolute Gasteiger partial charge is 0.174 e. The Hall–Kier alpha value is -4.76. The molecule has 1 unspecified atom stereocenters. The van der Waals surface area contributed by atoms with Gasteiger partial charge in [-0.2, -0.15) is 0 Å². The van der Waals surface area contributed by atoms with E-state index >= 15 is 4.39 Å². The van der Waals surface area contributed by atoms with Gasteiger partial charge < -0.3 is 4.74 Å². The summed E-state index contributed by atoms with van der Waals surface area (Å²) in [4.78, 5) is 0. The van der Waals surface area contributed by atoms with Crippen molar-refractivity contribution in [3.8, 4) is 16.9 Å². The Morgan fingerprint density at radius 1 is 0.700 bits per heavy atom. The zero-order chi connectivity index (χ0) is 35.0. The van der Waals surface area contributed by atoms with Crippen LogP contribution in [-0.4, -0.2) is 0 Å². The Morgan fingerprint density at radius 3 is 2.18 bits per heavy atom. The van der Waals surface area contributed by atoms with Gasteiger partial charge >= 0.3 is 0 Å². The predicted molar refractivity (Wildman–Crippen MR) is 202 cm³/mol. The fraction of sp³-hybridized carbons (Fsp3) is 0.277. The van der Waals surface area contributed by atoms with Crippen LogP contribution in [-0.2, 0) is 21.8 Å². The van der Waals surface area contributed by atoms with Crippen molar-refractivity contribution >= 4 is 22.4 Å². The molecule has 0 N–H and O–H groups in total. The second-order valence-electron chi connectivity index (χ2n) is 16.7. The summed E-state index contributed by atoms with van der Waals surface area (Å²) in [6, 6.07) is 27.8. The summed E-state index contributed by atoms with van der Waals surface area (Å²) in [5.41, 5.74) is 12.4. The van der Waals surface area contributed by atoms with Crippen molar-refractivity contribution in [2.75, 3.05) is 0 Å². The highest BCUT2D eigenvalue weighted by molar-refractivity contribution is 6.08. The summed E-state index contributed by atoms with van der Waals surface area (Å²) < 4.78 is 37.6. The summed E-state index contributed by atoms with van der Waals surface area (Å²) >= 11 is 0. The molecular formula is C47H42F2O. The molecule has 1 atom stereocenters. The van der Waals surface area contributed by atoms with Crippen LogP contribution in [0.25, 0.3) is 33.5 Å². The van der Waals surface area contributed by atoms with Gasteiger partial charge in [0.15, 0.2) is 5.60 Å². The van der Waals surface area contributed by atoms with Crippen molar-refractivity contribution in [1.29, 1.82) is 0 Å². The van der Waals surface area contributed by atoms with E-state index in [1.165, 1.54) is 45.5 Å². The highest BCUT2D eigenvalue weighted by Gasteiger charge is 2.47. The molecule has 5 aromatic rings. The van der Waals surface area contributed by atoms with E-state index in [1.54, 1.807) is 12.1 Å². The Bertz CT molecular complexity index is 2390. The molecule has 0 radical (unpaired) electrons. The van der Waals surface area contributed by atoms with Crippen LogP contribution in [0.2, 0.25) is 0 Å². The van der Waals surface area contributed by atoms with Crippen molar-refractivity contribution in [2.45, 2.75) is 83.2 Å². The molecule has 4 aliphatic rings. The van der Waals surface area contributed by atoms with Gasteiger partial charge in [-0.3, -0.25) is 0 Å². The number of allylic oxidation sites excluding steroid dienone is 3. The molecule has 5 aromatic carbocycles. The molecular weight excluding hydrogens is 619 g/mol. The molecule has 50 heavy (non-hydrogen) atoms. The molecule has 0 amide bonds. The molecule has 1 heterocycles. The van der Waals surface area contributed by atoms with Crippen molar-refractivity contribution in [3.63, 3.8) is 0 Å². The minimum Gasteiger partial charge on any atom is -0.473 e. The molecule has 1 nitrogen and oxygen atoms in total. The molecule has 0 bridgehead atoms. The van der Waals surface area contributed by atoms with Gasteiger partial charge in [-0.1, -0.05) is 121 Å². The number of hydrogen-bond donors (Lipinski definition) is 0. The molecule has 1 aliphatic heterocycles. The van der Waals surface area contributed by atoms with Gasteiger partial charge in [-0.25, -0.2) is 8.78 Å². The summed E-state index contributed by atoms with van der Waals surface area (Å²) in [5, 5.41) is 1.65. The first kappa shape index (κ1) is 31.2. The Balaban J connectivity index is 1.31. The van der Waals surface area contributed by atoms with Crippen molar-refractivity contribution in [1.82, 2.24) is 0 Å².